The maximum atomic E-state index is 12.6. The van der Waals surface area contributed by atoms with Gasteiger partial charge in [0.15, 0.2) is 11.5 Å². The molecule has 0 aromatic heterocycles. The van der Waals surface area contributed by atoms with Crippen LogP contribution >= 0.6 is 0 Å². The molecule has 2 aliphatic heterocycles. The number of nitrogens with one attached hydrogen (secondary N) is 1. The molecule has 3 aliphatic rings. The molecule has 0 unspecified atom stereocenters. The summed E-state index contributed by atoms with van der Waals surface area (Å²) >= 11 is 0. The van der Waals surface area contributed by atoms with Crippen molar-refractivity contribution in [1.82, 2.24) is 15.1 Å². The van der Waals surface area contributed by atoms with Crippen LogP contribution in [0, 0.1) is 5.92 Å². The van der Waals surface area contributed by atoms with Gasteiger partial charge in [-0.05, 0) is 43.5 Å². The van der Waals surface area contributed by atoms with Crippen molar-refractivity contribution in [2.75, 3.05) is 46.1 Å². The van der Waals surface area contributed by atoms with Gasteiger partial charge in [-0.15, -0.1) is 0 Å². The molecular formula is C18H23N3O4. The summed E-state index contributed by atoms with van der Waals surface area (Å²) in [6, 6.07) is 5.25. The molecule has 7 heteroatoms. The van der Waals surface area contributed by atoms with Gasteiger partial charge in [-0.3, -0.25) is 9.59 Å². The van der Waals surface area contributed by atoms with Gasteiger partial charge in [0.05, 0.1) is 6.54 Å². The van der Waals surface area contributed by atoms with Gasteiger partial charge in [-0.25, -0.2) is 0 Å². The smallest absolute Gasteiger partial charge is 0.254 e. The molecule has 0 radical (unpaired) electrons. The van der Waals surface area contributed by atoms with E-state index in [1.165, 1.54) is 12.8 Å². The summed E-state index contributed by atoms with van der Waals surface area (Å²) < 4.78 is 10.6. The second-order valence-corrected chi connectivity index (χ2v) is 6.82. The monoisotopic (exact) mass is 345 g/mol. The Kier molecular flexibility index (Phi) is 4.48. The van der Waals surface area contributed by atoms with E-state index in [1.807, 2.05) is 4.90 Å². The minimum absolute atomic E-state index is 0.0303. The van der Waals surface area contributed by atoms with Gasteiger partial charge in [0.25, 0.3) is 5.91 Å². The zero-order chi connectivity index (χ0) is 17.2. The molecule has 4 rings (SSSR count). The first-order valence-electron chi connectivity index (χ1n) is 8.88. The standard InChI is InChI=1S/C18H23N3O4/c22-17(11-19-10-13-1-2-13)20-5-7-21(8-6-20)18(23)14-3-4-15-16(9-14)25-12-24-15/h3-4,9,13,19H,1-2,5-8,10-12H2. The first-order valence-corrected chi connectivity index (χ1v) is 8.88. The summed E-state index contributed by atoms with van der Waals surface area (Å²) in [5, 5.41) is 3.23. The number of piperazine rings is 1. The predicted octanol–water partition coefficient (Wildman–Crippen LogP) is 0.699. The first-order chi connectivity index (χ1) is 12.2. The molecule has 134 valence electrons. The van der Waals surface area contributed by atoms with Crippen molar-refractivity contribution in [3.8, 4) is 11.5 Å². The highest BCUT2D eigenvalue weighted by atomic mass is 16.7. The minimum atomic E-state index is -0.0303. The SMILES string of the molecule is O=C(CNCC1CC1)N1CCN(C(=O)c2ccc3c(c2)OCO3)CC1. The Morgan fingerprint density at radius 2 is 1.76 bits per heavy atom. The van der Waals surface area contributed by atoms with Crippen LogP contribution in [0.25, 0.3) is 0 Å². The number of nitrogens with zero attached hydrogens (tertiary/aromatic N) is 2. The van der Waals surface area contributed by atoms with Crippen LogP contribution in [0.4, 0.5) is 0 Å². The maximum absolute atomic E-state index is 12.6. The van der Waals surface area contributed by atoms with E-state index >= 15 is 0 Å². The van der Waals surface area contributed by atoms with Crippen LogP contribution in [0.2, 0.25) is 0 Å². The van der Waals surface area contributed by atoms with Crippen LogP contribution in [0.5, 0.6) is 11.5 Å². The number of hydrogen-bond acceptors (Lipinski definition) is 5. The van der Waals surface area contributed by atoms with Crippen LogP contribution < -0.4 is 14.8 Å². The van der Waals surface area contributed by atoms with Crippen LogP contribution in [0.1, 0.15) is 23.2 Å². The molecule has 1 aromatic rings. The third-order valence-corrected chi connectivity index (χ3v) is 4.95. The maximum Gasteiger partial charge on any atom is 0.254 e. The minimum Gasteiger partial charge on any atom is -0.454 e. The van der Waals surface area contributed by atoms with Crippen molar-refractivity contribution in [3.05, 3.63) is 23.8 Å². The molecule has 0 spiro atoms. The van der Waals surface area contributed by atoms with E-state index in [4.69, 9.17) is 9.47 Å². The molecule has 1 saturated carbocycles. The van der Waals surface area contributed by atoms with Crippen molar-refractivity contribution >= 4 is 11.8 Å². The molecule has 0 atom stereocenters. The highest BCUT2D eigenvalue weighted by Crippen LogP contribution is 2.32. The van der Waals surface area contributed by atoms with E-state index in [-0.39, 0.29) is 18.6 Å². The van der Waals surface area contributed by atoms with E-state index in [1.54, 1.807) is 23.1 Å². The van der Waals surface area contributed by atoms with Gasteiger partial charge >= 0.3 is 0 Å². The Labute approximate surface area is 146 Å². The second-order valence-electron chi connectivity index (χ2n) is 6.82. The van der Waals surface area contributed by atoms with Gasteiger partial charge in [-0.2, -0.15) is 0 Å². The molecule has 25 heavy (non-hydrogen) atoms. The van der Waals surface area contributed by atoms with Crippen molar-refractivity contribution in [3.63, 3.8) is 0 Å². The van der Waals surface area contributed by atoms with Gasteiger partial charge in [0.2, 0.25) is 12.7 Å². The molecule has 1 N–H and O–H groups in total. The lowest BCUT2D eigenvalue weighted by molar-refractivity contribution is -0.131. The number of benzene rings is 1. The lowest BCUT2D eigenvalue weighted by Crippen LogP contribution is -2.52. The molecule has 1 aliphatic carbocycles. The Morgan fingerprint density at radius 1 is 1.04 bits per heavy atom. The molecule has 2 heterocycles. The number of rotatable bonds is 5. The molecule has 1 aromatic carbocycles. The largest absolute Gasteiger partial charge is 0.454 e. The number of ether oxygens (including phenoxy) is 2. The van der Waals surface area contributed by atoms with E-state index in [0.29, 0.717) is 49.8 Å². The third-order valence-electron chi connectivity index (χ3n) is 4.95. The van der Waals surface area contributed by atoms with Crippen molar-refractivity contribution in [2.45, 2.75) is 12.8 Å². The normalized spacial score (nSPS) is 19.2. The van der Waals surface area contributed by atoms with Crippen LogP contribution in [-0.2, 0) is 4.79 Å². The highest BCUT2D eigenvalue weighted by Gasteiger charge is 2.26. The van der Waals surface area contributed by atoms with Gasteiger partial charge in [0.1, 0.15) is 0 Å². The fourth-order valence-corrected chi connectivity index (χ4v) is 3.19. The quantitative estimate of drug-likeness (QED) is 0.851. The molecule has 2 fully saturated rings. The van der Waals surface area contributed by atoms with E-state index in [9.17, 15) is 9.59 Å². The number of carbonyl (C=O) groups is 2. The summed E-state index contributed by atoms with van der Waals surface area (Å²) in [4.78, 5) is 28.5. The third kappa shape index (κ3) is 3.71. The fraction of sp³-hybridized carbons (Fsp3) is 0.556. The van der Waals surface area contributed by atoms with E-state index in [0.717, 1.165) is 12.5 Å². The van der Waals surface area contributed by atoms with Crippen molar-refractivity contribution in [1.29, 1.82) is 0 Å². The van der Waals surface area contributed by atoms with Crippen LogP contribution in [0.3, 0.4) is 0 Å². The Balaban J connectivity index is 1.27. The summed E-state index contributed by atoms with van der Waals surface area (Å²) in [6.07, 6.45) is 2.56. The molecule has 7 nitrogen and oxygen atoms in total. The summed E-state index contributed by atoms with van der Waals surface area (Å²) in [6.45, 7) is 3.81. The Hall–Kier alpha value is -2.28. The lowest BCUT2D eigenvalue weighted by Gasteiger charge is -2.35. The van der Waals surface area contributed by atoms with Crippen LogP contribution in [-0.4, -0.2) is 67.7 Å². The van der Waals surface area contributed by atoms with Crippen LogP contribution in [0.15, 0.2) is 18.2 Å². The second kappa shape index (κ2) is 6.92. The predicted molar refractivity (Wildman–Crippen MR) is 90.6 cm³/mol. The lowest BCUT2D eigenvalue weighted by atomic mass is 10.1. The van der Waals surface area contributed by atoms with Gasteiger partial charge in [0, 0.05) is 31.7 Å². The molecule has 0 bridgehead atoms. The van der Waals surface area contributed by atoms with Crippen molar-refractivity contribution < 1.29 is 19.1 Å². The Bertz CT molecular complexity index is 666. The average Bonchev–Trinajstić information content (AvgIpc) is 3.35. The molecule has 2 amide bonds. The summed E-state index contributed by atoms with van der Waals surface area (Å²) in [5.41, 5.74) is 0.593. The summed E-state index contributed by atoms with van der Waals surface area (Å²) in [5.74, 6) is 2.14. The van der Waals surface area contributed by atoms with Crippen molar-refractivity contribution in [2.24, 2.45) is 5.92 Å². The fourth-order valence-electron chi connectivity index (χ4n) is 3.19. The van der Waals surface area contributed by atoms with Gasteiger partial charge in [-0.1, -0.05) is 0 Å². The first kappa shape index (κ1) is 16.2. The number of hydrogen-bond donors (Lipinski definition) is 1. The van der Waals surface area contributed by atoms with Gasteiger partial charge < -0.3 is 24.6 Å². The number of fused-ring (bicyclic) bond motifs is 1. The highest BCUT2D eigenvalue weighted by molar-refractivity contribution is 5.95. The average molecular weight is 345 g/mol. The van der Waals surface area contributed by atoms with E-state index in [2.05, 4.69) is 5.32 Å². The zero-order valence-electron chi connectivity index (χ0n) is 14.2. The number of carbonyl (C=O) groups excluding carboxylic acids is 2. The Morgan fingerprint density at radius 3 is 2.52 bits per heavy atom. The summed E-state index contributed by atoms with van der Waals surface area (Å²) in [7, 11) is 0. The topological polar surface area (TPSA) is 71.1 Å². The molecular weight excluding hydrogens is 322 g/mol. The number of amides is 2. The zero-order valence-corrected chi connectivity index (χ0v) is 14.2. The van der Waals surface area contributed by atoms with E-state index < -0.39 is 0 Å². The molecule has 1 saturated heterocycles.